The second-order valence-electron chi connectivity index (χ2n) is 18.8. The summed E-state index contributed by atoms with van der Waals surface area (Å²) in [5.41, 5.74) is 17.1. The van der Waals surface area contributed by atoms with Crippen molar-refractivity contribution in [3.8, 4) is 16.8 Å². The lowest BCUT2D eigenvalue weighted by atomic mass is 9.65. The van der Waals surface area contributed by atoms with Crippen LogP contribution < -0.4 is 4.90 Å². The van der Waals surface area contributed by atoms with Crippen molar-refractivity contribution >= 4 is 82.4 Å². The van der Waals surface area contributed by atoms with E-state index < -0.39 is 5.41 Å². The van der Waals surface area contributed by atoms with Crippen LogP contribution in [0.2, 0.25) is 0 Å². The molecular formula is C61H42N2O. The maximum atomic E-state index is 6.91. The molecule has 1 aliphatic heterocycles. The van der Waals surface area contributed by atoms with Gasteiger partial charge in [-0.3, -0.25) is 0 Å². The molecule has 1 atom stereocenters. The Balaban J connectivity index is 1.18. The minimum Gasteiger partial charge on any atom is -0.454 e. The van der Waals surface area contributed by atoms with Gasteiger partial charge in [0.25, 0.3) is 0 Å². The molecule has 0 amide bonds. The summed E-state index contributed by atoms with van der Waals surface area (Å²) in [4.78, 5) is 2.47. The largest absolute Gasteiger partial charge is 0.454 e. The average molecular weight is 819 g/mol. The van der Waals surface area contributed by atoms with Gasteiger partial charge in [-0.15, -0.1) is 0 Å². The Labute approximate surface area is 371 Å². The van der Waals surface area contributed by atoms with Crippen molar-refractivity contribution in [1.82, 2.24) is 4.57 Å². The zero-order valence-corrected chi connectivity index (χ0v) is 35.9. The highest BCUT2D eigenvalue weighted by atomic mass is 16.3. The summed E-state index contributed by atoms with van der Waals surface area (Å²) in [6.07, 6.45) is 0. The van der Waals surface area contributed by atoms with Crippen molar-refractivity contribution in [1.29, 1.82) is 0 Å². The van der Waals surface area contributed by atoms with Crippen LogP contribution in [-0.4, -0.2) is 4.57 Å². The first-order valence-electron chi connectivity index (χ1n) is 22.4. The van der Waals surface area contributed by atoms with Crippen molar-refractivity contribution in [2.75, 3.05) is 4.90 Å². The number of furan rings is 1. The fourth-order valence-electron chi connectivity index (χ4n) is 11.8. The number of benzene rings is 10. The predicted octanol–water partition coefficient (Wildman–Crippen LogP) is 16.4. The van der Waals surface area contributed by atoms with Gasteiger partial charge in [-0.1, -0.05) is 178 Å². The van der Waals surface area contributed by atoms with E-state index in [-0.39, 0.29) is 5.41 Å². The van der Waals surface area contributed by atoms with Crippen molar-refractivity contribution in [2.24, 2.45) is 0 Å². The van der Waals surface area contributed by atoms with Crippen LogP contribution in [0.4, 0.5) is 17.1 Å². The maximum absolute atomic E-state index is 6.91. The first-order chi connectivity index (χ1) is 31.4. The van der Waals surface area contributed by atoms with E-state index in [1.807, 2.05) is 0 Å². The van der Waals surface area contributed by atoms with Crippen LogP contribution in [0.5, 0.6) is 0 Å². The van der Waals surface area contributed by atoms with Gasteiger partial charge in [-0.05, 0) is 103 Å². The van der Waals surface area contributed by atoms with E-state index in [4.69, 9.17) is 4.42 Å². The van der Waals surface area contributed by atoms with Crippen LogP contribution >= 0.6 is 0 Å². The van der Waals surface area contributed by atoms with Crippen LogP contribution in [-0.2, 0) is 10.8 Å². The summed E-state index contributed by atoms with van der Waals surface area (Å²) in [6.45, 7) is 6.85. The highest BCUT2D eigenvalue weighted by Gasteiger charge is 2.52. The lowest BCUT2D eigenvalue weighted by molar-refractivity contribution is 0.590. The molecule has 3 heterocycles. The van der Waals surface area contributed by atoms with Crippen molar-refractivity contribution < 1.29 is 4.42 Å². The van der Waals surface area contributed by atoms with E-state index in [0.29, 0.717) is 0 Å². The van der Waals surface area contributed by atoms with E-state index >= 15 is 0 Å². The van der Waals surface area contributed by atoms with E-state index in [1.54, 1.807) is 0 Å². The Hall–Kier alpha value is -7.88. The molecule has 0 saturated carbocycles. The molecule has 3 heteroatoms. The van der Waals surface area contributed by atoms with Crippen LogP contribution in [0.1, 0.15) is 48.6 Å². The highest BCUT2D eigenvalue weighted by molar-refractivity contribution is 6.19. The number of anilines is 3. The molecule has 10 aromatic carbocycles. The number of nitrogens with zero attached hydrogens (tertiary/aromatic N) is 2. The van der Waals surface area contributed by atoms with Gasteiger partial charge in [0.1, 0.15) is 5.58 Å². The molecule has 1 spiro atoms. The van der Waals surface area contributed by atoms with Gasteiger partial charge >= 0.3 is 0 Å². The third-order valence-electron chi connectivity index (χ3n) is 14.5. The minimum atomic E-state index is -0.652. The summed E-state index contributed by atoms with van der Waals surface area (Å²) < 4.78 is 9.44. The number of fused-ring (bicyclic) bond motifs is 19. The SMILES string of the molecule is CC(C)(C)c1ccc(N(c2cc3c(c4ccccc24)-c2c(ccc4ccccc24)C32c3ccccc3-n3c4ccccc4c4cccc2c43)c2cccc3c2oc2ccccc23)cc1. The van der Waals surface area contributed by atoms with E-state index in [9.17, 15) is 0 Å². The summed E-state index contributed by atoms with van der Waals surface area (Å²) in [7, 11) is 0. The molecule has 1 aliphatic carbocycles. The van der Waals surface area contributed by atoms with E-state index in [1.165, 1.54) is 88.0 Å². The second-order valence-corrected chi connectivity index (χ2v) is 18.8. The van der Waals surface area contributed by atoms with Gasteiger partial charge in [0.15, 0.2) is 5.58 Å². The first kappa shape index (κ1) is 35.7. The molecule has 0 fully saturated rings. The van der Waals surface area contributed by atoms with Crippen LogP contribution in [0.15, 0.2) is 205 Å². The fraction of sp³-hybridized carbons (Fsp3) is 0.0820. The number of hydrogen-bond acceptors (Lipinski definition) is 2. The average Bonchev–Trinajstić information content (AvgIpc) is 3.99. The zero-order valence-electron chi connectivity index (χ0n) is 35.9. The molecule has 0 radical (unpaired) electrons. The quantitative estimate of drug-likeness (QED) is 0.177. The van der Waals surface area contributed by atoms with Crippen molar-refractivity contribution in [3.05, 3.63) is 228 Å². The molecule has 14 rings (SSSR count). The standard InChI is InChI=1S/C61H42N2O/c1-60(2,3)38-31-33-39(34-32-38)62(53-28-15-23-46-43-20-9-13-29-55(43)64-59(46)53)54-36-50-57(44-21-7-6-18-41(44)54)56-40-17-5-4-16-37(40)30-35-48(56)61(50)47-24-10-12-27-52(47)63-51-26-11-8-19-42(51)45-22-14-25-49(61)58(45)63/h4-36H,1-3H3. The number of rotatable bonds is 3. The molecule has 1 unspecified atom stereocenters. The number of aromatic nitrogens is 1. The monoisotopic (exact) mass is 818 g/mol. The van der Waals surface area contributed by atoms with Crippen molar-refractivity contribution in [2.45, 2.75) is 31.6 Å². The Morgan fingerprint density at radius 3 is 1.94 bits per heavy atom. The Morgan fingerprint density at radius 2 is 1.09 bits per heavy atom. The Bertz CT molecular complexity index is 3950. The molecule has 0 N–H and O–H groups in total. The van der Waals surface area contributed by atoms with Crippen LogP contribution in [0.3, 0.4) is 0 Å². The molecule has 302 valence electrons. The first-order valence-corrected chi connectivity index (χ1v) is 22.4. The van der Waals surface area contributed by atoms with Gasteiger partial charge in [-0.25, -0.2) is 0 Å². The summed E-state index contributed by atoms with van der Waals surface area (Å²) in [5, 5.41) is 9.69. The van der Waals surface area contributed by atoms with Gasteiger partial charge in [0.05, 0.1) is 33.5 Å². The van der Waals surface area contributed by atoms with E-state index in [2.05, 4.69) is 230 Å². The molecule has 3 nitrogen and oxygen atoms in total. The number of hydrogen-bond donors (Lipinski definition) is 0. The Morgan fingerprint density at radius 1 is 0.453 bits per heavy atom. The molecule has 12 aromatic rings. The molecular weight excluding hydrogens is 777 g/mol. The molecule has 0 bridgehead atoms. The predicted molar refractivity (Wildman–Crippen MR) is 267 cm³/mol. The van der Waals surface area contributed by atoms with Gasteiger partial charge < -0.3 is 13.9 Å². The molecule has 2 aliphatic rings. The summed E-state index contributed by atoms with van der Waals surface area (Å²) >= 11 is 0. The lowest BCUT2D eigenvalue weighted by Gasteiger charge is -2.40. The smallest absolute Gasteiger partial charge is 0.159 e. The topological polar surface area (TPSA) is 21.3 Å². The fourth-order valence-corrected chi connectivity index (χ4v) is 11.8. The summed E-state index contributed by atoms with van der Waals surface area (Å²) in [6, 6.07) is 74.8. The molecule has 0 saturated heterocycles. The zero-order chi connectivity index (χ0) is 42.5. The molecule has 64 heavy (non-hydrogen) atoms. The van der Waals surface area contributed by atoms with E-state index in [0.717, 1.165) is 39.0 Å². The molecule has 2 aromatic heterocycles. The van der Waals surface area contributed by atoms with Crippen molar-refractivity contribution in [3.63, 3.8) is 0 Å². The van der Waals surface area contributed by atoms with Crippen LogP contribution in [0, 0.1) is 0 Å². The highest BCUT2D eigenvalue weighted by Crippen LogP contribution is 2.64. The summed E-state index contributed by atoms with van der Waals surface area (Å²) in [5.74, 6) is 0. The van der Waals surface area contributed by atoms with Gasteiger partial charge in [0, 0.05) is 32.6 Å². The Kier molecular flexibility index (Phi) is 7.04. The second kappa shape index (κ2) is 12.6. The van der Waals surface area contributed by atoms with Gasteiger partial charge in [0.2, 0.25) is 0 Å². The minimum absolute atomic E-state index is 0.00116. The van der Waals surface area contributed by atoms with Crippen LogP contribution in [0.25, 0.3) is 82.1 Å². The third kappa shape index (κ3) is 4.50. The lowest BCUT2D eigenvalue weighted by Crippen LogP contribution is -2.33. The number of para-hydroxylation sites is 5. The third-order valence-corrected chi connectivity index (χ3v) is 14.5. The van der Waals surface area contributed by atoms with Gasteiger partial charge in [-0.2, -0.15) is 0 Å². The normalized spacial score (nSPS) is 15.2. The maximum Gasteiger partial charge on any atom is 0.159 e.